The number of nitrogens with zero attached hydrogens (tertiary/aromatic N) is 2. The summed E-state index contributed by atoms with van der Waals surface area (Å²) in [7, 11) is 0. The van der Waals surface area contributed by atoms with Crippen LogP contribution in [0.3, 0.4) is 0 Å². The third kappa shape index (κ3) is 4.73. The molecule has 0 radical (unpaired) electrons. The Hall–Kier alpha value is -2.04. The van der Waals surface area contributed by atoms with E-state index < -0.39 is 6.09 Å². The molecule has 2 rings (SSSR count). The number of carbonyl (C=O) groups is 1. The minimum absolute atomic E-state index is 0.205. The average Bonchev–Trinajstić information content (AvgIpc) is 2.46. The van der Waals surface area contributed by atoms with E-state index in [2.05, 4.69) is 48.4 Å². The number of hydrogen-bond acceptors (Lipinski definition) is 3. The van der Waals surface area contributed by atoms with Crippen molar-refractivity contribution in [3.05, 3.63) is 35.4 Å². The van der Waals surface area contributed by atoms with E-state index in [1.807, 2.05) is 20.8 Å². The number of hydrogen-bond donors (Lipinski definition) is 2. The second-order valence-corrected chi connectivity index (χ2v) is 8.23. The highest BCUT2D eigenvalue weighted by atomic mass is 16.4. The van der Waals surface area contributed by atoms with Gasteiger partial charge in [-0.2, -0.15) is 0 Å². The predicted molar refractivity (Wildman–Crippen MR) is 97.8 cm³/mol. The van der Waals surface area contributed by atoms with Crippen molar-refractivity contribution in [2.24, 2.45) is 10.4 Å². The molecule has 0 fully saturated rings. The Morgan fingerprint density at radius 3 is 2.38 bits per heavy atom. The molecular formula is C19H29N3O2. The van der Waals surface area contributed by atoms with Gasteiger partial charge in [-0.3, -0.25) is 4.99 Å². The van der Waals surface area contributed by atoms with Crippen molar-refractivity contribution >= 4 is 11.9 Å². The van der Waals surface area contributed by atoms with Crippen molar-refractivity contribution in [3.8, 4) is 0 Å². The first-order valence-electron chi connectivity index (χ1n) is 8.47. The predicted octanol–water partition coefficient (Wildman–Crippen LogP) is 3.38. The number of carboxylic acid groups (broad SMARTS) is 1. The highest BCUT2D eigenvalue weighted by Gasteiger charge is 2.25. The molecule has 5 nitrogen and oxygen atoms in total. The van der Waals surface area contributed by atoms with Crippen molar-refractivity contribution in [3.63, 3.8) is 0 Å². The molecule has 0 saturated carbocycles. The van der Waals surface area contributed by atoms with Gasteiger partial charge in [0.15, 0.2) is 0 Å². The maximum absolute atomic E-state index is 11.4. The third-order valence-corrected chi connectivity index (χ3v) is 4.29. The molecule has 0 bridgehead atoms. The van der Waals surface area contributed by atoms with Crippen LogP contribution >= 0.6 is 0 Å². The number of nitrogens with one attached hydrogen (secondary N) is 1. The van der Waals surface area contributed by atoms with Gasteiger partial charge in [0.1, 0.15) is 5.84 Å². The molecule has 1 aromatic rings. The van der Waals surface area contributed by atoms with Crippen molar-refractivity contribution in [2.45, 2.75) is 46.6 Å². The molecule has 132 valence electrons. The topological polar surface area (TPSA) is 64.9 Å². The summed E-state index contributed by atoms with van der Waals surface area (Å²) in [6, 6.07) is 8.23. The molecule has 24 heavy (non-hydrogen) atoms. The Kier molecular flexibility index (Phi) is 5.21. The van der Waals surface area contributed by atoms with Gasteiger partial charge in [0, 0.05) is 36.2 Å². The van der Waals surface area contributed by atoms with Gasteiger partial charge < -0.3 is 15.3 Å². The molecule has 0 aromatic heterocycles. The first-order valence-corrected chi connectivity index (χ1v) is 8.47. The molecule has 1 aliphatic rings. The zero-order chi connectivity index (χ0) is 18.0. The second kappa shape index (κ2) is 6.83. The standard InChI is InChI=1S/C19H29N3O2/c1-18(2,3)22(17(23)24)11-10-14-6-8-15(9-7-14)16-20-12-19(4,5)13-21-16/h6-9H,10-13H2,1-5H3,(H,20,21)(H,23,24). The Labute approximate surface area is 144 Å². The molecule has 0 spiro atoms. The Bertz CT molecular complexity index is 612. The second-order valence-electron chi connectivity index (χ2n) is 8.23. The molecule has 1 amide bonds. The van der Waals surface area contributed by atoms with Gasteiger partial charge in [-0.25, -0.2) is 4.79 Å². The van der Waals surface area contributed by atoms with Crippen LogP contribution in [-0.4, -0.2) is 47.1 Å². The summed E-state index contributed by atoms with van der Waals surface area (Å²) in [6.45, 7) is 12.4. The molecule has 0 atom stereocenters. The lowest BCUT2D eigenvalue weighted by Gasteiger charge is -2.33. The van der Waals surface area contributed by atoms with Crippen LogP contribution in [0.2, 0.25) is 0 Å². The highest BCUT2D eigenvalue weighted by molar-refractivity contribution is 5.99. The van der Waals surface area contributed by atoms with Crippen LogP contribution in [0.25, 0.3) is 0 Å². The molecule has 0 unspecified atom stereocenters. The first kappa shape index (κ1) is 18.3. The van der Waals surface area contributed by atoms with Crippen LogP contribution in [-0.2, 0) is 6.42 Å². The average molecular weight is 331 g/mol. The summed E-state index contributed by atoms with van der Waals surface area (Å²) >= 11 is 0. The van der Waals surface area contributed by atoms with Gasteiger partial charge in [0.25, 0.3) is 0 Å². The molecule has 1 heterocycles. The zero-order valence-electron chi connectivity index (χ0n) is 15.4. The van der Waals surface area contributed by atoms with Crippen molar-refractivity contribution < 1.29 is 9.90 Å². The van der Waals surface area contributed by atoms with E-state index in [1.54, 1.807) is 0 Å². The molecular weight excluding hydrogens is 302 g/mol. The van der Waals surface area contributed by atoms with Crippen LogP contribution in [0.1, 0.15) is 45.7 Å². The molecule has 1 aromatic carbocycles. The number of rotatable bonds is 4. The van der Waals surface area contributed by atoms with E-state index in [1.165, 1.54) is 4.90 Å². The van der Waals surface area contributed by atoms with E-state index in [0.717, 1.165) is 30.1 Å². The fourth-order valence-electron chi connectivity index (χ4n) is 2.71. The Morgan fingerprint density at radius 2 is 1.92 bits per heavy atom. The Balaban J connectivity index is 2.00. The maximum atomic E-state index is 11.4. The number of benzene rings is 1. The molecule has 1 aliphatic heterocycles. The van der Waals surface area contributed by atoms with E-state index >= 15 is 0 Å². The fourth-order valence-corrected chi connectivity index (χ4v) is 2.71. The van der Waals surface area contributed by atoms with Gasteiger partial charge in [-0.05, 0) is 32.8 Å². The first-order chi connectivity index (χ1) is 11.1. The quantitative estimate of drug-likeness (QED) is 0.889. The molecule has 2 N–H and O–H groups in total. The van der Waals surface area contributed by atoms with Crippen molar-refractivity contribution in [1.82, 2.24) is 10.2 Å². The van der Waals surface area contributed by atoms with Crippen LogP contribution in [0.4, 0.5) is 4.79 Å². The van der Waals surface area contributed by atoms with Crippen molar-refractivity contribution in [2.75, 3.05) is 19.6 Å². The molecule has 5 heteroatoms. The Morgan fingerprint density at radius 1 is 1.29 bits per heavy atom. The maximum Gasteiger partial charge on any atom is 0.407 e. The summed E-state index contributed by atoms with van der Waals surface area (Å²) in [4.78, 5) is 17.5. The summed E-state index contributed by atoms with van der Waals surface area (Å²) in [5.74, 6) is 0.947. The summed E-state index contributed by atoms with van der Waals surface area (Å²) < 4.78 is 0. The zero-order valence-corrected chi connectivity index (χ0v) is 15.4. The van der Waals surface area contributed by atoms with Gasteiger partial charge in [-0.15, -0.1) is 0 Å². The minimum atomic E-state index is -0.873. The number of aliphatic imine (C=N–C) groups is 1. The van der Waals surface area contributed by atoms with Crippen LogP contribution in [0, 0.1) is 5.41 Å². The normalized spacial score (nSPS) is 17.0. The summed E-state index contributed by atoms with van der Waals surface area (Å²) in [5, 5.41) is 12.7. The van der Waals surface area contributed by atoms with Crippen LogP contribution < -0.4 is 5.32 Å². The monoisotopic (exact) mass is 331 g/mol. The molecule has 0 aliphatic carbocycles. The lowest BCUT2D eigenvalue weighted by molar-refractivity contribution is 0.101. The van der Waals surface area contributed by atoms with Crippen LogP contribution in [0.5, 0.6) is 0 Å². The van der Waals surface area contributed by atoms with Gasteiger partial charge in [0.05, 0.1) is 0 Å². The van der Waals surface area contributed by atoms with E-state index in [0.29, 0.717) is 13.0 Å². The molecule has 0 saturated heterocycles. The third-order valence-electron chi connectivity index (χ3n) is 4.29. The SMILES string of the molecule is CC1(C)CN=C(c2ccc(CCN(C(=O)O)C(C)(C)C)cc2)NC1. The van der Waals surface area contributed by atoms with Crippen LogP contribution in [0.15, 0.2) is 29.3 Å². The van der Waals surface area contributed by atoms with Crippen molar-refractivity contribution in [1.29, 1.82) is 0 Å². The highest BCUT2D eigenvalue weighted by Crippen LogP contribution is 2.19. The number of amides is 1. The number of amidine groups is 1. The summed E-state index contributed by atoms with van der Waals surface area (Å²) in [5.41, 5.74) is 2.03. The largest absolute Gasteiger partial charge is 0.465 e. The van der Waals surface area contributed by atoms with Gasteiger partial charge in [-0.1, -0.05) is 38.1 Å². The van der Waals surface area contributed by atoms with E-state index in [4.69, 9.17) is 0 Å². The van der Waals surface area contributed by atoms with E-state index in [9.17, 15) is 9.90 Å². The summed E-state index contributed by atoms with van der Waals surface area (Å²) in [6.07, 6.45) is -0.168. The van der Waals surface area contributed by atoms with Gasteiger partial charge in [0.2, 0.25) is 0 Å². The van der Waals surface area contributed by atoms with E-state index in [-0.39, 0.29) is 11.0 Å². The lowest BCUT2D eigenvalue weighted by Crippen LogP contribution is -2.45. The fraction of sp³-hybridized carbons (Fsp3) is 0.579. The minimum Gasteiger partial charge on any atom is -0.465 e. The smallest absolute Gasteiger partial charge is 0.407 e. The lowest BCUT2D eigenvalue weighted by atomic mass is 9.92. The van der Waals surface area contributed by atoms with Gasteiger partial charge >= 0.3 is 6.09 Å².